The number of ether oxygens (including phenoxy) is 1. The number of nitrogens with zero attached hydrogens (tertiary/aromatic N) is 1. The van der Waals surface area contributed by atoms with Gasteiger partial charge in [-0.15, -0.1) is 0 Å². The Hall–Kier alpha value is -2.34. The van der Waals surface area contributed by atoms with Gasteiger partial charge in [-0.1, -0.05) is 35.9 Å². The fraction of sp³-hybridized carbons (Fsp3) is 0.263. The number of aromatic nitrogens is 1. The molecule has 0 N–H and O–H groups in total. The Morgan fingerprint density at radius 1 is 1.08 bits per heavy atom. The third-order valence-electron chi connectivity index (χ3n) is 4.52. The summed E-state index contributed by atoms with van der Waals surface area (Å²) in [6, 6.07) is 15.6. The molecule has 0 bridgehead atoms. The van der Waals surface area contributed by atoms with Gasteiger partial charge in [0.05, 0.1) is 10.4 Å². The van der Waals surface area contributed by atoms with Crippen LogP contribution in [-0.2, 0) is 10.0 Å². The van der Waals surface area contributed by atoms with Crippen LogP contribution in [0.4, 0.5) is 4.39 Å². The van der Waals surface area contributed by atoms with Crippen molar-refractivity contribution in [2.24, 2.45) is 0 Å². The monoisotopic (exact) mass is 359 g/mol. The van der Waals surface area contributed by atoms with Crippen LogP contribution in [0.2, 0.25) is 0 Å². The zero-order chi connectivity index (χ0) is 17.6. The van der Waals surface area contributed by atoms with E-state index in [1.807, 2.05) is 19.1 Å². The van der Waals surface area contributed by atoms with Gasteiger partial charge in [0.15, 0.2) is 0 Å². The number of fused-ring (bicyclic) bond motifs is 1. The van der Waals surface area contributed by atoms with Gasteiger partial charge in [0.25, 0.3) is 10.0 Å². The maximum absolute atomic E-state index is 13.2. The molecule has 0 radical (unpaired) electrons. The van der Waals surface area contributed by atoms with Gasteiger partial charge in [-0.25, -0.2) is 16.8 Å². The summed E-state index contributed by atoms with van der Waals surface area (Å²) in [7, 11) is -3.82. The van der Waals surface area contributed by atoms with E-state index in [1.54, 1.807) is 42.5 Å². The molecule has 0 atom stereocenters. The van der Waals surface area contributed by atoms with Crippen LogP contribution >= 0.6 is 0 Å². The Kier molecular flexibility index (Phi) is 3.80. The molecule has 130 valence electrons. The summed E-state index contributed by atoms with van der Waals surface area (Å²) in [6.07, 6.45) is -0.555. The number of aryl methyl sites for hydroxylation is 1. The van der Waals surface area contributed by atoms with Gasteiger partial charge in [0.1, 0.15) is 12.3 Å². The van der Waals surface area contributed by atoms with Crippen molar-refractivity contribution in [3.63, 3.8) is 0 Å². The van der Waals surface area contributed by atoms with Crippen LogP contribution in [0.5, 0.6) is 5.88 Å². The molecule has 1 aliphatic carbocycles. The average molecular weight is 359 g/mol. The number of rotatable bonds is 4. The normalized spacial score (nSPS) is 20.4. The minimum absolute atomic E-state index is 0.196. The van der Waals surface area contributed by atoms with E-state index < -0.39 is 16.2 Å². The standard InChI is InChI=1S/C19H18FNO3S/c1-13-6-8-17(9-7-13)25(22,23)21-18-5-3-2-4-14(18)10-19(21)24-16-11-15(20)12-16/h2-10,15-16H,11-12H2,1H3/t15-,16+. The number of hydrogen-bond acceptors (Lipinski definition) is 3. The van der Waals surface area contributed by atoms with Crippen molar-refractivity contribution in [1.29, 1.82) is 0 Å². The van der Waals surface area contributed by atoms with E-state index in [0.29, 0.717) is 18.4 Å². The molecule has 0 spiro atoms. The minimum Gasteiger partial charge on any atom is -0.475 e. The summed E-state index contributed by atoms with van der Waals surface area (Å²) in [4.78, 5) is 0.196. The molecule has 25 heavy (non-hydrogen) atoms. The summed E-state index contributed by atoms with van der Waals surface area (Å²) >= 11 is 0. The number of alkyl halides is 1. The maximum atomic E-state index is 13.2. The van der Waals surface area contributed by atoms with Gasteiger partial charge < -0.3 is 4.74 Å². The predicted octanol–water partition coefficient (Wildman–Crippen LogP) is 4.07. The quantitative estimate of drug-likeness (QED) is 0.706. The molecule has 1 saturated carbocycles. The number of para-hydroxylation sites is 1. The number of halogens is 1. The lowest BCUT2D eigenvalue weighted by atomic mass is 9.94. The van der Waals surface area contributed by atoms with Crippen molar-refractivity contribution in [2.75, 3.05) is 0 Å². The fourth-order valence-electron chi connectivity index (χ4n) is 3.02. The molecule has 1 aliphatic rings. The fourth-order valence-corrected chi connectivity index (χ4v) is 4.47. The molecule has 2 aromatic carbocycles. The van der Waals surface area contributed by atoms with Gasteiger partial charge in [-0.3, -0.25) is 0 Å². The van der Waals surface area contributed by atoms with Crippen molar-refractivity contribution in [3.8, 4) is 5.88 Å². The first kappa shape index (κ1) is 16.1. The second-order valence-corrected chi connectivity index (χ2v) is 8.22. The predicted molar refractivity (Wildman–Crippen MR) is 94.2 cm³/mol. The SMILES string of the molecule is Cc1ccc(S(=O)(=O)n2c(O[C@H]3C[C@@H](F)C3)cc3ccccc32)cc1. The maximum Gasteiger partial charge on any atom is 0.271 e. The first-order valence-electron chi connectivity index (χ1n) is 8.18. The summed E-state index contributed by atoms with van der Waals surface area (Å²) < 4.78 is 46.5. The topological polar surface area (TPSA) is 48.3 Å². The second-order valence-electron chi connectivity index (χ2n) is 6.43. The lowest BCUT2D eigenvalue weighted by Gasteiger charge is -2.30. The van der Waals surface area contributed by atoms with Crippen LogP contribution in [0.25, 0.3) is 10.9 Å². The van der Waals surface area contributed by atoms with E-state index >= 15 is 0 Å². The molecule has 1 aromatic heterocycles. The molecule has 6 heteroatoms. The average Bonchev–Trinajstić information content (AvgIpc) is 2.92. The van der Waals surface area contributed by atoms with Crippen molar-refractivity contribution in [1.82, 2.24) is 3.97 Å². The highest BCUT2D eigenvalue weighted by atomic mass is 32.2. The van der Waals surface area contributed by atoms with Crippen LogP contribution in [0, 0.1) is 6.92 Å². The summed E-state index contributed by atoms with van der Waals surface area (Å²) in [6.45, 7) is 1.90. The lowest BCUT2D eigenvalue weighted by Crippen LogP contribution is -2.35. The molecule has 0 unspecified atom stereocenters. The van der Waals surface area contributed by atoms with E-state index in [9.17, 15) is 12.8 Å². The third-order valence-corrected chi connectivity index (χ3v) is 6.24. The van der Waals surface area contributed by atoms with E-state index in [0.717, 1.165) is 10.9 Å². The van der Waals surface area contributed by atoms with Crippen LogP contribution in [0.1, 0.15) is 18.4 Å². The van der Waals surface area contributed by atoms with Gasteiger partial charge in [0.2, 0.25) is 5.88 Å². The summed E-state index contributed by atoms with van der Waals surface area (Å²) in [5.41, 5.74) is 1.53. The Balaban J connectivity index is 1.85. The van der Waals surface area contributed by atoms with Crippen molar-refractivity contribution >= 4 is 20.9 Å². The summed E-state index contributed by atoms with van der Waals surface area (Å²) in [5.74, 6) is 0.235. The van der Waals surface area contributed by atoms with Gasteiger partial charge in [-0.2, -0.15) is 0 Å². The van der Waals surface area contributed by atoms with Crippen LogP contribution in [0.15, 0.2) is 59.5 Å². The van der Waals surface area contributed by atoms with Gasteiger partial charge in [0, 0.05) is 24.3 Å². The highest BCUT2D eigenvalue weighted by Gasteiger charge is 2.33. The summed E-state index contributed by atoms with van der Waals surface area (Å²) in [5, 5.41) is 0.768. The lowest BCUT2D eigenvalue weighted by molar-refractivity contribution is 0.0375. The zero-order valence-electron chi connectivity index (χ0n) is 13.7. The molecule has 4 rings (SSSR count). The highest BCUT2D eigenvalue weighted by molar-refractivity contribution is 7.90. The molecule has 0 amide bonds. The van der Waals surface area contributed by atoms with Crippen molar-refractivity contribution in [3.05, 3.63) is 60.2 Å². The molecule has 0 saturated heterocycles. The van der Waals surface area contributed by atoms with Gasteiger partial charge >= 0.3 is 0 Å². The Morgan fingerprint density at radius 2 is 1.76 bits per heavy atom. The van der Waals surface area contributed by atoms with Gasteiger partial charge in [-0.05, 0) is 25.1 Å². The minimum atomic E-state index is -3.82. The first-order chi connectivity index (χ1) is 11.9. The van der Waals surface area contributed by atoms with E-state index in [4.69, 9.17) is 4.74 Å². The Labute approximate surface area is 145 Å². The number of benzene rings is 2. The molecule has 0 aliphatic heterocycles. The third kappa shape index (κ3) is 2.80. The Bertz CT molecular complexity index is 1020. The van der Waals surface area contributed by atoms with Crippen molar-refractivity contribution < 1.29 is 17.5 Å². The largest absolute Gasteiger partial charge is 0.475 e. The molecule has 3 aromatic rings. The van der Waals surface area contributed by atoms with Crippen LogP contribution < -0.4 is 4.74 Å². The first-order valence-corrected chi connectivity index (χ1v) is 9.62. The molecule has 1 heterocycles. The number of hydrogen-bond donors (Lipinski definition) is 0. The van der Waals surface area contributed by atoms with Crippen LogP contribution in [0.3, 0.4) is 0 Å². The van der Waals surface area contributed by atoms with E-state index in [2.05, 4.69) is 0 Å². The Morgan fingerprint density at radius 3 is 2.44 bits per heavy atom. The molecule has 4 nitrogen and oxygen atoms in total. The second kappa shape index (κ2) is 5.88. The smallest absolute Gasteiger partial charge is 0.271 e. The zero-order valence-corrected chi connectivity index (χ0v) is 14.5. The van der Waals surface area contributed by atoms with Crippen LogP contribution in [-0.4, -0.2) is 24.7 Å². The van der Waals surface area contributed by atoms with E-state index in [1.165, 1.54) is 3.97 Å². The molecule has 1 fully saturated rings. The molecular weight excluding hydrogens is 341 g/mol. The van der Waals surface area contributed by atoms with Crippen molar-refractivity contribution in [2.45, 2.75) is 36.9 Å². The van der Waals surface area contributed by atoms with E-state index in [-0.39, 0.29) is 16.9 Å². The highest BCUT2D eigenvalue weighted by Crippen LogP contribution is 2.34. The molecular formula is C19H18FNO3S.